The SMILES string of the molecule is CCNC(=O)NCCCOC(=O)c1ccccc1F. The van der Waals surface area contributed by atoms with Gasteiger partial charge in [0, 0.05) is 13.1 Å². The number of nitrogens with one attached hydrogen (secondary N) is 2. The zero-order valence-electron chi connectivity index (χ0n) is 10.7. The smallest absolute Gasteiger partial charge is 0.341 e. The van der Waals surface area contributed by atoms with E-state index in [9.17, 15) is 14.0 Å². The largest absolute Gasteiger partial charge is 0.462 e. The molecule has 1 aromatic carbocycles. The second-order valence-electron chi connectivity index (χ2n) is 3.76. The molecule has 0 spiro atoms. The highest BCUT2D eigenvalue weighted by molar-refractivity contribution is 5.89. The number of rotatable bonds is 6. The van der Waals surface area contributed by atoms with Crippen molar-refractivity contribution in [2.45, 2.75) is 13.3 Å². The highest BCUT2D eigenvalue weighted by Crippen LogP contribution is 2.07. The summed E-state index contributed by atoms with van der Waals surface area (Å²) in [6, 6.07) is 5.37. The molecule has 0 fully saturated rings. The van der Waals surface area contributed by atoms with E-state index in [0.29, 0.717) is 19.5 Å². The van der Waals surface area contributed by atoms with Crippen LogP contribution in [0.4, 0.5) is 9.18 Å². The number of carbonyl (C=O) groups excluding carboxylic acids is 2. The first-order valence-corrected chi connectivity index (χ1v) is 6.08. The number of esters is 1. The summed E-state index contributed by atoms with van der Waals surface area (Å²) >= 11 is 0. The topological polar surface area (TPSA) is 67.4 Å². The Morgan fingerprint density at radius 3 is 2.68 bits per heavy atom. The van der Waals surface area contributed by atoms with Gasteiger partial charge in [0.1, 0.15) is 5.82 Å². The van der Waals surface area contributed by atoms with Crippen molar-refractivity contribution in [1.82, 2.24) is 10.6 Å². The lowest BCUT2D eigenvalue weighted by Crippen LogP contribution is -2.36. The molecule has 0 heterocycles. The molecule has 0 aromatic heterocycles. The minimum absolute atomic E-state index is 0.0841. The monoisotopic (exact) mass is 268 g/mol. The Kier molecular flexibility index (Phi) is 6.35. The van der Waals surface area contributed by atoms with Gasteiger partial charge in [0.05, 0.1) is 12.2 Å². The van der Waals surface area contributed by atoms with Crippen molar-refractivity contribution >= 4 is 12.0 Å². The first-order chi connectivity index (χ1) is 9.15. The third-order valence-corrected chi connectivity index (χ3v) is 2.27. The van der Waals surface area contributed by atoms with Gasteiger partial charge in [-0.25, -0.2) is 14.0 Å². The number of amides is 2. The molecule has 5 nitrogen and oxygen atoms in total. The number of hydrogen-bond acceptors (Lipinski definition) is 3. The van der Waals surface area contributed by atoms with E-state index in [4.69, 9.17) is 4.74 Å². The molecule has 1 aromatic rings. The third kappa shape index (κ3) is 5.37. The lowest BCUT2D eigenvalue weighted by Gasteiger charge is -2.07. The van der Waals surface area contributed by atoms with Gasteiger partial charge in [-0.3, -0.25) is 0 Å². The zero-order valence-corrected chi connectivity index (χ0v) is 10.7. The molecule has 0 aliphatic heterocycles. The maximum absolute atomic E-state index is 13.2. The first-order valence-electron chi connectivity index (χ1n) is 6.08. The molecule has 19 heavy (non-hydrogen) atoms. The Balaban J connectivity index is 2.21. The van der Waals surface area contributed by atoms with E-state index in [1.165, 1.54) is 18.2 Å². The van der Waals surface area contributed by atoms with Gasteiger partial charge >= 0.3 is 12.0 Å². The molecular weight excluding hydrogens is 251 g/mol. The fourth-order valence-corrected chi connectivity index (χ4v) is 1.37. The number of halogens is 1. The van der Waals surface area contributed by atoms with Gasteiger partial charge in [-0.2, -0.15) is 0 Å². The highest BCUT2D eigenvalue weighted by Gasteiger charge is 2.11. The molecule has 0 aliphatic carbocycles. The van der Waals surface area contributed by atoms with Crippen molar-refractivity contribution in [1.29, 1.82) is 0 Å². The molecule has 0 saturated heterocycles. The summed E-state index contributed by atoms with van der Waals surface area (Å²) in [5.74, 6) is -1.30. The van der Waals surface area contributed by atoms with Crippen LogP contribution >= 0.6 is 0 Å². The second kappa shape index (κ2) is 8.07. The normalized spacial score (nSPS) is 9.79. The molecule has 0 saturated carbocycles. The van der Waals surface area contributed by atoms with Crippen LogP contribution in [-0.2, 0) is 4.74 Å². The summed E-state index contributed by atoms with van der Waals surface area (Å²) in [5, 5.41) is 5.16. The molecule has 0 unspecified atom stereocenters. The summed E-state index contributed by atoms with van der Waals surface area (Å²) in [7, 11) is 0. The quantitative estimate of drug-likeness (QED) is 0.609. The Hall–Kier alpha value is -2.11. The van der Waals surface area contributed by atoms with E-state index in [1.54, 1.807) is 6.07 Å². The molecule has 104 valence electrons. The second-order valence-corrected chi connectivity index (χ2v) is 3.76. The molecule has 0 bridgehead atoms. The summed E-state index contributed by atoms with van der Waals surface area (Å²) in [6.07, 6.45) is 0.470. The maximum Gasteiger partial charge on any atom is 0.341 e. The Morgan fingerprint density at radius 2 is 2.00 bits per heavy atom. The van der Waals surface area contributed by atoms with Crippen LogP contribution < -0.4 is 10.6 Å². The number of ether oxygens (including phenoxy) is 1. The van der Waals surface area contributed by atoms with Gasteiger partial charge in [0.15, 0.2) is 0 Å². The molecule has 6 heteroatoms. The van der Waals surface area contributed by atoms with Crippen LogP contribution in [0, 0.1) is 5.82 Å². The standard InChI is InChI=1S/C13H17FN2O3/c1-2-15-13(18)16-8-5-9-19-12(17)10-6-3-4-7-11(10)14/h3-4,6-7H,2,5,8-9H2,1H3,(H2,15,16,18). The van der Waals surface area contributed by atoms with Crippen LogP contribution in [0.1, 0.15) is 23.7 Å². The Labute approximate surface area is 111 Å². The predicted molar refractivity (Wildman–Crippen MR) is 68.4 cm³/mol. The lowest BCUT2D eigenvalue weighted by molar-refractivity contribution is 0.0496. The van der Waals surface area contributed by atoms with Crippen LogP contribution in [-0.4, -0.2) is 31.7 Å². The summed E-state index contributed by atoms with van der Waals surface area (Å²) in [6.45, 7) is 2.87. The van der Waals surface area contributed by atoms with Gasteiger partial charge in [-0.1, -0.05) is 12.1 Å². The number of hydrogen-bond donors (Lipinski definition) is 2. The van der Waals surface area contributed by atoms with Crippen molar-refractivity contribution in [2.24, 2.45) is 0 Å². The van der Waals surface area contributed by atoms with Crippen molar-refractivity contribution in [2.75, 3.05) is 19.7 Å². The first kappa shape index (κ1) is 14.9. The Morgan fingerprint density at radius 1 is 1.26 bits per heavy atom. The Bertz CT molecular complexity index is 438. The van der Waals surface area contributed by atoms with Crippen LogP contribution in [0.5, 0.6) is 0 Å². The van der Waals surface area contributed by atoms with Gasteiger partial charge in [0.25, 0.3) is 0 Å². The molecule has 0 radical (unpaired) electrons. The molecule has 2 amide bonds. The van der Waals surface area contributed by atoms with E-state index >= 15 is 0 Å². The van der Waals surface area contributed by atoms with E-state index in [0.717, 1.165) is 0 Å². The zero-order chi connectivity index (χ0) is 14.1. The van der Waals surface area contributed by atoms with Crippen LogP contribution in [0.2, 0.25) is 0 Å². The molecule has 2 N–H and O–H groups in total. The van der Waals surface area contributed by atoms with Gasteiger partial charge in [0.2, 0.25) is 0 Å². The van der Waals surface area contributed by atoms with Crippen molar-refractivity contribution < 1.29 is 18.7 Å². The van der Waals surface area contributed by atoms with E-state index in [-0.39, 0.29) is 18.2 Å². The molecule has 1 rings (SSSR count). The van der Waals surface area contributed by atoms with E-state index < -0.39 is 11.8 Å². The van der Waals surface area contributed by atoms with Crippen molar-refractivity contribution in [3.63, 3.8) is 0 Å². The summed E-state index contributed by atoms with van der Waals surface area (Å²) < 4.78 is 18.1. The van der Waals surface area contributed by atoms with Gasteiger partial charge in [-0.15, -0.1) is 0 Å². The lowest BCUT2D eigenvalue weighted by atomic mass is 10.2. The third-order valence-electron chi connectivity index (χ3n) is 2.27. The molecular formula is C13H17FN2O3. The van der Waals surface area contributed by atoms with Gasteiger partial charge in [-0.05, 0) is 25.5 Å². The average molecular weight is 268 g/mol. The molecule has 0 atom stereocenters. The van der Waals surface area contributed by atoms with Crippen LogP contribution in [0.15, 0.2) is 24.3 Å². The predicted octanol–water partition coefficient (Wildman–Crippen LogP) is 1.69. The maximum atomic E-state index is 13.2. The number of urea groups is 1. The van der Waals surface area contributed by atoms with Crippen LogP contribution in [0.25, 0.3) is 0 Å². The fourth-order valence-electron chi connectivity index (χ4n) is 1.37. The number of carbonyl (C=O) groups is 2. The summed E-state index contributed by atoms with van der Waals surface area (Å²) in [4.78, 5) is 22.5. The van der Waals surface area contributed by atoms with Crippen LogP contribution in [0.3, 0.4) is 0 Å². The molecule has 0 aliphatic rings. The average Bonchev–Trinajstić information content (AvgIpc) is 2.39. The minimum atomic E-state index is -0.698. The van der Waals surface area contributed by atoms with Gasteiger partial charge < -0.3 is 15.4 Å². The summed E-state index contributed by atoms with van der Waals surface area (Å²) in [5.41, 5.74) is -0.0841. The highest BCUT2D eigenvalue weighted by atomic mass is 19.1. The van der Waals surface area contributed by atoms with E-state index in [1.807, 2.05) is 6.92 Å². The van der Waals surface area contributed by atoms with Crippen molar-refractivity contribution in [3.05, 3.63) is 35.6 Å². The van der Waals surface area contributed by atoms with Crippen molar-refractivity contribution in [3.8, 4) is 0 Å². The fraction of sp³-hybridized carbons (Fsp3) is 0.385. The van der Waals surface area contributed by atoms with E-state index in [2.05, 4.69) is 10.6 Å². The number of benzene rings is 1. The minimum Gasteiger partial charge on any atom is -0.462 e.